The second-order valence-corrected chi connectivity index (χ2v) is 3.46. The predicted molar refractivity (Wildman–Crippen MR) is 58.1 cm³/mol. The topological polar surface area (TPSA) is 85.1 Å². The van der Waals surface area contributed by atoms with Gasteiger partial charge >= 0.3 is 5.97 Å². The Balaban J connectivity index is 2.41. The van der Waals surface area contributed by atoms with Crippen molar-refractivity contribution < 1.29 is 14.7 Å². The first kappa shape index (κ1) is 11.0. The van der Waals surface area contributed by atoms with Crippen LogP contribution in [0.5, 0.6) is 0 Å². The highest BCUT2D eigenvalue weighted by atomic mass is 16.4. The fraction of sp³-hybridized carbons (Fsp3) is 0.0909. The molecule has 0 unspecified atom stereocenters. The van der Waals surface area contributed by atoms with E-state index in [4.69, 9.17) is 5.11 Å². The number of rotatable bonds is 3. The minimum Gasteiger partial charge on any atom is -0.475 e. The molecule has 1 aromatic carbocycles. The third-order valence-corrected chi connectivity index (χ3v) is 2.14. The summed E-state index contributed by atoms with van der Waals surface area (Å²) in [5.74, 6) is -2.43. The van der Waals surface area contributed by atoms with Crippen LogP contribution in [0.2, 0.25) is 0 Å². The zero-order chi connectivity index (χ0) is 12.4. The Morgan fingerprint density at radius 1 is 1.35 bits per heavy atom. The third kappa shape index (κ3) is 2.20. The van der Waals surface area contributed by atoms with E-state index in [0.29, 0.717) is 5.69 Å². The van der Waals surface area contributed by atoms with Gasteiger partial charge in [0.25, 0.3) is 5.78 Å². The van der Waals surface area contributed by atoms with Crippen molar-refractivity contribution in [2.24, 2.45) is 0 Å². The van der Waals surface area contributed by atoms with E-state index in [1.807, 2.05) is 0 Å². The molecule has 0 radical (unpaired) electrons. The van der Waals surface area contributed by atoms with Gasteiger partial charge in [-0.2, -0.15) is 15.0 Å². The van der Waals surface area contributed by atoms with E-state index in [0.717, 1.165) is 5.69 Å². The van der Waals surface area contributed by atoms with Gasteiger partial charge in [0, 0.05) is 5.56 Å². The number of aliphatic carboxylic acids is 1. The van der Waals surface area contributed by atoms with Crippen LogP contribution >= 0.6 is 0 Å². The van der Waals surface area contributed by atoms with Gasteiger partial charge in [0.15, 0.2) is 0 Å². The number of carboxylic acids is 1. The molecule has 0 aliphatic rings. The number of carbonyl (C=O) groups is 2. The summed E-state index contributed by atoms with van der Waals surface area (Å²) in [6.45, 7) is 1.79. The highest BCUT2D eigenvalue weighted by molar-refractivity contribution is 6.39. The number of ketones is 1. The molecule has 0 spiro atoms. The fourth-order valence-corrected chi connectivity index (χ4v) is 1.36. The maximum Gasteiger partial charge on any atom is 0.377 e. The summed E-state index contributed by atoms with van der Waals surface area (Å²) < 4.78 is 0. The minimum atomic E-state index is -1.48. The molecule has 17 heavy (non-hydrogen) atoms. The molecule has 86 valence electrons. The molecule has 2 aromatic rings. The van der Waals surface area contributed by atoms with Crippen LogP contribution in [0.1, 0.15) is 16.1 Å². The zero-order valence-electron chi connectivity index (χ0n) is 8.99. The van der Waals surface area contributed by atoms with Gasteiger partial charge in [0.1, 0.15) is 0 Å². The molecular formula is C11H9N3O3. The Labute approximate surface area is 96.5 Å². The average Bonchev–Trinajstić information content (AvgIpc) is 2.75. The molecule has 0 aliphatic carbocycles. The lowest BCUT2D eigenvalue weighted by atomic mass is 10.1. The summed E-state index contributed by atoms with van der Waals surface area (Å²) in [7, 11) is 0. The Morgan fingerprint density at radius 3 is 2.71 bits per heavy atom. The lowest BCUT2D eigenvalue weighted by Crippen LogP contribution is -2.13. The Kier molecular flexibility index (Phi) is 2.70. The van der Waals surface area contributed by atoms with E-state index in [9.17, 15) is 9.59 Å². The molecule has 0 fully saturated rings. The van der Waals surface area contributed by atoms with Crippen molar-refractivity contribution in [1.29, 1.82) is 0 Å². The first-order valence-corrected chi connectivity index (χ1v) is 4.85. The van der Waals surface area contributed by atoms with Gasteiger partial charge < -0.3 is 5.11 Å². The number of hydrogen-bond acceptors (Lipinski definition) is 4. The van der Waals surface area contributed by atoms with Gasteiger partial charge in [0.05, 0.1) is 17.6 Å². The van der Waals surface area contributed by atoms with Gasteiger partial charge in [-0.05, 0) is 19.1 Å². The highest BCUT2D eigenvalue weighted by Crippen LogP contribution is 2.09. The van der Waals surface area contributed by atoms with Crippen LogP contribution in [-0.4, -0.2) is 31.9 Å². The SMILES string of the molecule is Cc1cnn(-c2cccc(C(=O)C(=O)O)c2)n1. The minimum absolute atomic E-state index is 0.102. The smallest absolute Gasteiger partial charge is 0.377 e. The molecule has 0 saturated carbocycles. The molecular weight excluding hydrogens is 222 g/mol. The number of benzene rings is 1. The number of aryl methyl sites for hydroxylation is 1. The Bertz CT molecular complexity index is 589. The lowest BCUT2D eigenvalue weighted by Gasteiger charge is -2.01. The van der Waals surface area contributed by atoms with Crippen LogP contribution in [-0.2, 0) is 4.79 Å². The monoisotopic (exact) mass is 231 g/mol. The number of carboxylic acid groups (broad SMARTS) is 1. The largest absolute Gasteiger partial charge is 0.475 e. The number of aromatic nitrogens is 3. The van der Waals surface area contributed by atoms with Gasteiger partial charge in [0.2, 0.25) is 0 Å². The second kappa shape index (κ2) is 4.17. The van der Waals surface area contributed by atoms with Crippen LogP contribution in [0, 0.1) is 6.92 Å². The standard InChI is InChI=1S/C11H9N3O3/c1-7-6-12-14(13-7)9-4-2-3-8(5-9)10(15)11(16)17/h2-6H,1H3,(H,16,17). The summed E-state index contributed by atoms with van der Waals surface area (Å²) in [5.41, 5.74) is 1.38. The zero-order valence-corrected chi connectivity index (χ0v) is 8.99. The van der Waals surface area contributed by atoms with Gasteiger partial charge in [-0.3, -0.25) is 4.79 Å². The maximum atomic E-state index is 11.3. The Hall–Kier alpha value is -2.50. The van der Waals surface area contributed by atoms with Gasteiger partial charge in [-0.15, -0.1) is 0 Å². The molecule has 0 amide bonds. The maximum absolute atomic E-state index is 11.3. The van der Waals surface area contributed by atoms with Gasteiger partial charge in [-0.1, -0.05) is 12.1 Å². The highest BCUT2D eigenvalue weighted by Gasteiger charge is 2.15. The van der Waals surface area contributed by atoms with Crippen molar-refractivity contribution >= 4 is 11.8 Å². The Morgan fingerprint density at radius 2 is 2.12 bits per heavy atom. The second-order valence-electron chi connectivity index (χ2n) is 3.46. The van der Waals surface area contributed by atoms with Gasteiger partial charge in [-0.25, -0.2) is 4.79 Å². The number of carbonyl (C=O) groups excluding carboxylic acids is 1. The first-order chi connectivity index (χ1) is 8.08. The van der Waals surface area contributed by atoms with E-state index in [1.54, 1.807) is 25.3 Å². The quantitative estimate of drug-likeness (QED) is 0.625. The van der Waals surface area contributed by atoms with E-state index < -0.39 is 11.8 Å². The molecule has 1 aromatic heterocycles. The fourth-order valence-electron chi connectivity index (χ4n) is 1.36. The summed E-state index contributed by atoms with van der Waals surface area (Å²) in [4.78, 5) is 23.2. The third-order valence-electron chi connectivity index (χ3n) is 2.14. The molecule has 6 heteroatoms. The van der Waals surface area contributed by atoms with Crippen LogP contribution in [0.3, 0.4) is 0 Å². The summed E-state index contributed by atoms with van der Waals surface area (Å²) in [6, 6.07) is 6.16. The molecule has 0 aliphatic heterocycles. The van der Waals surface area contributed by atoms with Crippen molar-refractivity contribution in [3.63, 3.8) is 0 Å². The summed E-state index contributed by atoms with van der Waals surface area (Å²) in [6.07, 6.45) is 1.58. The average molecular weight is 231 g/mol. The van der Waals surface area contributed by atoms with E-state index in [-0.39, 0.29) is 5.56 Å². The normalized spacial score (nSPS) is 10.2. The van der Waals surface area contributed by atoms with E-state index >= 15 is 0 Å². The number of nitrogens with zero attached hydrogens (tertiary/aromatic N) is 3. The van der Waals surface area contributed by atoms with Crippen LogP contribution in [0.15, 0.2) is 30.5 Å². The molecule has 2 rings (SSSR count). The van der Waals surface area contributed by atoms with Crippen molar-refractivity contribution in [3.8, 4) is 5.69 Å². The predicted octanol–water partition coefficient (Wildman–Crippen LogP) is 0.843. The summed E-state index contributed by atoms with van der Waals surface area (Å²) >= 11 is 0. The number of Topliss-reactive ketones (excluding diaryl/α,β-unsaturated/α-hetero) is 1. The summed E-state index contributed by atoms with van der Waals surface area (Å²) in [5, 5.41) is 16.7. The molecule has 1 heterocycles. The molecule has 6 nitrogen and oxygen atoms in total. The van der Waals surface area contributed by atoms with Crippen molar-refractivity contribution in [1.82, 2.24) is 15.0 Å². The van der Waals surface area contributed by atoms with E-state index in [2.05, 4.69) is 10.2 Å². The van der Waals surface area contributed by atoms with Crippen LogP contribution in [0.25, 0.3) is 5.69 Å². The molecule has 1 N–H and O–H groups in total. The molecule has 0 saturated heterocycles. The van der Waals surface area contributed by atoms with Crippen LogP contribution < -0.4 is 0 Å². The van der Waals surface area contributed by atoms with Crippen molar-refractivity contribution in [2.75, 3.05) is 0 Å². The van der Waals surface area contributed by atoms with Crippen LogP contribution in [0.4, 0.5) is 0 Å². The van der Waals surface area contributed by atoms with Crippen molar-refractivity contribution in [3.05, 3.63) is 41.7 Å². The van der Waals surface area contributed by atoms with E-state index in [1.165, 1.54) is 16.9 Å². The molecule has 0 bridgehead atoms. The first-order valence-electron chi connectivity index (χ1n) is 4.85. The lowest BCUT2D eigenvalue weighted by molar-refractivity contribution is -0.131. The van der Waals surface area contributed by atoms with Crippen molar-refractivity contribution in [2.45, 2.75) is 6.92 Å². The molecule has 0 atom stereocenters. The number of hydrogen-bond donors (Lipinski definition) is 1.